The molecule has 0 saturated heterocycles. The maximum atomic E-state index is 12.8. The maximum Gasteiger partial charge on any atom is 0.338 e. The molecule has 0 fully saturated rings. The second kappa shape index (κ2) is 8.65. The Bertz CT molecular complexity index is 1070. The van der Waals surface area contributed by atoms with Gasteiger partial charge in [-0.05, 0) is 30.2 Å². The molecule has 7 nitrogen and oxygen atoms in total. The number of carbonyl (C=O) groups excluding carboxylic acids is 1. The Morgan fingerprint density at radius 1 is 1.20 bits per heavy atom. The molecule has 3 aromatic rings. The number of nitrogens with zero attached hydrogens (tertiary/aromatic N) is 3. The number of allylic oxidation sites excluding steroid dienone is 1. The number of hydrogen-bond acceptors (Lipinski definition) is 6. The molecule has 1 aliphatic rings. The molecule has 0 saturated carbocycles. The van der Waals surface area contributed by atoms with Gasteiger partial charge in [0.25, 0.3) is 0 Å². The number of fused-ring (bicyclic) bond motifs is 1. The summed E-state index contributed by atoms with van der Waals surface area (Å²) in [7, 11) is 0. The van der Waals surface area contributed by atoms with Crippen LogP contribution in [-0.2, 0) is 16.1 Å². The Hall–Kier alpha value is -3.87. The van der Waals surface area contributed by atoms with E-state index in [2.05, 4.69) is 22.0 Å². The number of rotatable bonds is 7. The van der Waals surface area contributed by atoms with Crippen molar-refractivity contribution < 1.29 is 14.3 Å². The smallest absolute Gasteiger partial charge is 0.338 e. The molecule has 0 aliphatic carbocycles. The molecule has 2 aromatic carbocycles. The number of esters is 1. The predicted molar refractivity (Wildman–Crippen MR) is 113 cm³/mol. The van der Waals surface area contributed by atoms with Gasteiger partial charge in [0, 0.05) is 5.70 Å². The maximum absolute atomic E-state index is 12.8. The van der Waals surface area contributed by atoms with Gasteiger partial charge in [0.05, 0.1) is 5.57 Å². The second-order valence-corrected chi connectivity index (χ2v) is 6.82. The monoisotopic (exact) mass is 402 g/mol. The highest BCUT2D eigenvalue weighted by atomic mass is 16.5. The van der Waals surface area contributed by atoms with Gasteiger partial charge in [-0.25, -0.2) is 9.48 Å². The van der Waals surface area contributed by atoms with Crippen LogP contribution >= 0.6 is 0 Å². The number of benzene rings is 2. The van der Waals surface area contributed by atoms with Gasteiger partial charge in [-0.2, -0.15) is 10.1 Å². The van der Waals surface area contributed by atoms with Gasteiger partial charge in [0.1, 0.15) is 31.3 Å². The first-order chi connectivity index (χ1) is 14.7. The van der Waals surface area contributed by atoms with Crippen molar-refractivity contribution in [2.75, 3.05) is 11.9 Å². The Kier molecular flexibility index (Phi) is 5.61. The molecule has 7 heteroatoms. The summed E-state index contributed by atoms with van der Waals surface area (Å²) in [6.07, 6.45) is 3.00. The highest BCUT2D eigenvalue weighted by Gasteiger charge is 2.34. The molecule has 1 unspecified atom stereocenters. The minimum Gasteiger partial charge on any atom is -0.489 e. The van der Waals surface area contributed by atoms with Crippen molar-refractivity contribution in [2.24, 2.45) is 0 Å². The Morgan fingerprint density at radius 2 is 1.97 bits per heavy atom. The summed E-state index contributed by atoms with van der Waals surface area (Å²) >= 11 is 0. The average molecular weight is 402 g/mol. The highest BCUT2D eigenvalue weighted by molar-refractivity contribution is 5.92. The van der Waals surface area contributed by atoms with E-state index < -0.39 is 12.0 Å². The average Bonchev–Trinajstić information content (AvgIpc) is 3.24. The number of hydrogen-bond donors (Lipinski definition) is 1. The van der Waals surface area contributed by atoms with E-state index in [0.29, 0.717) is 23.8 Å². The van der Waals surface area contributed by atoms with Gasteiger partial charge in [-0.1, -0.05) is 55.1 Å². The lowest BCUT2D eigenvalue weighted by Gasteiger charge is -2.28. The second-order valence-electron chi connectivity index (χ2n) is 6.82. The van der Waals surface area contributed by atoms with E-state index in [9.17, 15) is 4.79 Å². The van der Waals surface area contributed by atoms with Crippen LogP contribution in [0.3, 0.4) is 0 Å². The molecule has 152 valence electrons. The van der Waals surface area contributed by atoms with Gasteiger partial charge in [-0.3, -0.25) is 0 Å². The summed E-state index contributed by atoms with van der Waals surface area (Å²) in [5.41, 5.74) is 3.13. The van der Waals surface area contributed by atoms with E-state index in [0.717, 1.165) is 16.9 Å². The van der Waals surface area contributed by atoms with Crippen molar-refractivity contribution >= 4 is 11.9 Å². The van der Waals surface area contributed by atoms with E-state index in [4.69, 9.17) is 9.47 Å². The van der Waals surface area contributed by atoms with Gasteiger partial charge in [-0.15, -0.1) is 0 Å². The van der Waals surface area contributed by atoms with Crippen molar-refractivity contribution in [1.82, 2.24) is 14.8 Å². The van der Waals surface area contributed by atoms with Crippen LogP contribution < -0.4 is 10.1 Å². The van der Waals surface area contributed by atoms with Crippen molar-refractivity contribution in [3.63, 3.8) is 0 Å². The van der Waals surface area contributed by atoms with Crippen molar-refractivity contribution in [3.05, 3.63) is 96.0 Å². The zero-order valence-electron chi connectivity index (χ0n) is 16.6. The molecule has 0 radical (unpaired) electrons. The molecular weight excluding hydrogens is 380 g/mol. The van der Waals surface area contributed by atoms with Crippen LogP contribution in [0, 0.1) is 0 Å². The van der Waals surface area contributed by atoms with Crippen LogP contribution in [0.4, 0.5) is 5.95 Å². The molecule has 0 amide bonds. The summed E-state index contributed by atoms with van der Waals surface area (Å²) in [6, 6.07) is 17.2. The minimum atomic E-state index is -0.454. The molecule has 1 aliphatic heterocycles. The molecular formula is C23H22N4O3. The van der Waals surface area contributed by atoms with E-state index in [1.807, 2.05) is 61.5 Å². The first kappa shape index (κ1) is 19.4. The summed E-state index contributed by atoms with van der Waals surface area (Å²) in [4.78, 5) is 17.0. The SMILES string of the molecule is C=CCOC(=O)C1=C(C)Nc2ncnn2C1c1ccc(OCc2ccccc2)cc1. The number of nitrogens with one attached hydrogen (secondary N) is 1. The molecule has 0 bridgehead atoms. The first-order valence-electron chi connectivity index (χ1n) is 9.59. The third-order valence-corrected chi connectivity index (χ3v) is 4.79. The molecule has 1 aromatic heterocycles. The van der Waals surface area contributed by atoms with Crippen LogP contribution in [0.15, 0.2) is 84.8 Å². The minimum absolute atomic E-state index is 0.138. The predicted octanol–water partition coefficient (Wildman–Crippen LogP) is 3.88. The van der Waals surface area contributed by atoms with Gasteiger partial charge < -0.3 is 14.8 Å². The molecule has 0 spiro atoms. The Balaban J connectivity index is 1.60. The summed E-state index contributed by atoms with van der Waals surface area (Å²) in [5, 5.41) is 7.42. The molecule has 1 atom stereocenters. The summed E-state index contributed by atoms with van der Waals surface area (Å²) < 4.78 is 12.9. The standard InChI is InChI=1S/C23H22N4O3/c1-3-13-29-22(28)20-16(2)26-23-24-15-25-27(23)21(20)18-9-11-19(12-10-18)30-14-17-7-5-4-6-8-17/h3-12,15,21H,1,13-14H2,2H3,(H,24,25,26). The Labute approximate surface area is 174 Å². The number of anilines is 1. The Morgan fingerprint density at radius 3 is 2.70 bits per heavy atom. The van der Waals surface area contributed by atoms with Crippen LogP contribution in [0.1, 0.15) is 24.1 Å². The lowest BCUT2D eigenvalue weighted by molar-refractivity contribution is -0.138. The van der Waals surface area contributed by atoms with Gasteiger partial charge in [0.2, 0.25) is 5.95 Å². The lowest BCUT2D eigenvalue weighted by Crippen LogP contribution is -2.29. The molecule has 4 rings (SSSR count). The quantitative estimate of drug-likeness (QED) is 0.477. The zero-order chi connectivity index (χ0) is 20.9. The van der Waals surface area contributed by atoms with Crippen LogP contribution in [0.2, 0.25) is 0 Å². The van der Waals surface area contributed by atoms with Crippen molar-refractivity contribution in [1.29, 1.82) is 0 Å². The lowest BCUT2D eigenvalue weighted by atomic mass is 9.96. The van der Waals surface area contributed by atoms with Crippen LogP contribution in [0.25, 0.3) is 0 Å². The third kappa shape index (κ3) is 3.96. The molecule has 30 heavy (non-hydrogen) atoms. The number of carbonyl (C=O) groups is 1. The fourth-order valence-corrected chi connectivity index (χ4v) is 3.36. The van der Waals surface area contributed by atoms with Crippen LogP contribution in [-0.4, -0.2) is 27.3 Å². The van der Waals surface area contributed by atoms with E-state index >= 15 is 0 Å². The zero-order valence-corrected chi connectivity index (χ0v) is 16.6. The fourth-order valence-electron chi connectivity index (χ4n) is 3.36. The van der Waals surface area contributed by atoms with Gasteiger partial charge in [0.15, 0.2) is 0 Å². The highest BCUT2D eigenvalue weighted by Crippen LogP contribution is 2.35. The third-order valence-electron chi connectivity index (χ3n) is 4.79. The number of ether oxygens (including phenoxy) is 2. The van der Waals surface area contributed by atoms with E-state index in [1.54, 1.807) is 10.8 Å². The number of aromatic nitrogens is 3. The van der Waals surface area contributed by atoms with Crippen molar-refractivity contribution in [2.45, 2.75) is 19.6 Å². The van der Waals surface area contributed by atoms with E-state index in [-0.39, 0.29) is 6.61 Å². The largest absolute Gasteiger partial charge is 0.489 e. The summed E-state index contributed by atoms with van der Waals surface area (Å²) in [5.74, 6) is 0.893. The molecule has 2 heterocycles. The fraction of sp³-hybridized carbons (Fsp3) is 0.174. The van der Waals surface area contributed by atoms with Crippen LogP contribution in [0.5, 0.6) is 5.75 Å². The topological polar surface area (TPSA) is 78.3 Å². The van der Waals surface area contributed by atoms with E-state index in [1.165, 1.54) is 6.33 Å². The normalized spacial score (nSPS) is 15.2. The molecule has 1 N–H and O–H groups in total. The van der Waals surface area contributed by atoms with Crippen molar-refractivity contribution in [3.8, 4) is 5.75 Å². The first-order valence-corrected chi connectivity index (χ1v) is 9.59. The van der Waals surface area contributed by atoms with Gasteiger partial charge >= 0.3 is 5.97 Å². The summed E-state index contributed by atoms with van der Waals surface area (Å²) in [6.45, 7) is 6.05.